The van der Waals surface area contributed by atoms with Gasteiger partial charge in [-0.25, -0.2) is 9.50 Å². The first-order chi connectivity index (χ1) is 7.86. The minimum absolute atomic E-state index is 0.242. The molecule has 0 atom stereocenters. The number of nitrogens with zero attached hydrogens (tertiary/aromatic N) is 3. The molecular formula is C11H15N3OS2. The Bertz CT molecular complexity index is 519. The van der Waals surface area contributed by atoms with Crippen molar-refractivity contribution >= 4 is 33.8 Å². The molecule has 2 aromatic heterocycles. The summed E-state index contributed by atoms with van der Waals surface area (Å²) in [4.78, 5) is 17.0. The first-order valence-corrected chi connectivity index (χ1v) is 7.15. The molecular weight excluding hydrogens is 254 g/mol. The number of carbonyl (C=O) groups is 1. The standard InChI is InChI=1S/C11H15N3OS2/c1-7-5-14-9(12-7)17-10(13-14)16-6-8(15)11(2,3)4/h5H,6H2,1-4H3. The predicted molar refractivity (Wildman–Crippen MR) is 70.8 cm³/mol. The van der Waals surface area contributed by atoms with Crippen molar-refractivity contribution in [1.82, 2.24) is 14.6 Å². The van der Waals surface area contributed by atoms with Crippen LogP contribution in [0.15, 0.2) is 10.5 Å². The number of aryl methyl sites for hydroxylation is 1. The Balaban J connectivity index is 2.04. The number of fused-ring (bicyclic) bond motifs is 1. The van der Waals surface area contributed by atoms with E-state index in [1.54, 1.807) is 4.52 Å². The Morgan fingerprint density at radius 1 is 1.53 bits per heavy atom. The van der Waals surface area contributed by atoms with Crippen molar-refractivity contribution in [3.8, 4) is 0 Å². The number of ketones is 1. The second-order valence-corrected chi connectivity index (χ2v) is 7.12. The summed E-state index contributed by atoms with van der Waals surface area (Å²) in [6.45, 7) is 7.76. The lowest BCUT2D eigenvalue weighted by atomic mass is 9.92. The Kier molecular flexibility index (Phi) is 3.27. The van der Waals surface area contributed by atoms with Gasteiger partial charge in [-0.15, -0.1) is 5.10 Å². The fourth-order valence-electron chi connectivity index (χ4n) is 1.19. The van der Waals surface area contributed by atoms with E-state index in [2.05, 4.69) is 10.1 Å². The highest BCUT2D eigenvalue weighted by atomic mass is 32.2. The maximum absolute atomic E-state index is 11.8. The van der Waals surface area contributed by atoms with Crippen LogP contribution in [-0.2, 0) is 4.79 Å². The molecule has 0 saturated carbocycles. The van der Waals surface area contributed by atoms with Crippen molar-refractivity contribution in [3.05, 3.63) is 11.9 Å². The average molecular weight is 269 g/mol. The lowest BCUT2D eigenvalue weighted by Gasteiger charge is -2.15. The first-order valence-electron chi connectivity index (χ1n) is 5.35. The van der Waals surface area contributed by atoms with E-state index in [9.17, 15) is 4.79 Å². The molecule has 2 aromatic rings. The Labute approximate surface area is 108 Å². The van der Waals surface area contributed by atoms with Crippen LogP contribution in [-0.4, -0.2) is 26.1 Å². The smallest absolute Gasteiger partial charge is 0.213 e. The summed E-state index contributed by atoms with van der Waals surface area (Å²) in [5.41, 5.74) is 0.687. The van der Waals surface area contributed by atoms with E-state index < -0.39 is 0 Å². The van der Waals surface area contributed by atoms with Gasteiger partial charge in [-0.1, -0.05) is 43.9 Å². The van der Waals surface area contributed by atoms with Crippen LogP contribution >= 0.6 is 23.1 Å². The number of aromatic nitrogens is 3. The van der Waals surface area contributed by atoms with Crippen molar-refractivity contribution in [1.29, 1.82) is 0 Å². The summed E-state index contributed by atoms with van der Waals surface area (Å²) in [5, 5.41) is 4.37. The van der Waals surface area contributed by atoms with E-state index in [1.165, 1.54) is 23.1 Å². The molecule has 0 saturated heterocycles. The molecule has 2 rings (SSSR count). The zero-order valence-corrected chi connectivity index (χ0v) is 12.0. The van der Waals surface area contributed by atoms with Gasteiger partial charge in [0.15, 0.2) is 4.34 Å². The van der Waals surface area contributed by atoms with Gasteiger partial charge in [0.25, 0.3) is 0 Å². The molecule has 17 heavy (non-hydrogen) atoms. The molecule has 92 valence electrons. The van der Waals surface area contributed by atoms with E-state index in [0.717, 1.165) is 15.0 Å². The highest BCUT2D eigenvalue weighted by Gasteiger charge is 2.21. The fourth-order valence-corrected chi connectivity index (χ4v) is 3.32. The maximum atomic E-state index is 11.8. The van der Waals surface area contributed by atoms with Crippen LogP contribution in [0.4, 0.5) is 0 Å². The van der Waals surface area contributed by atoms with Crippen LogP contribution < -0.4 is 0 Å². The molecule has 0 aliphatic carbocycles. The van der Waals surface area contributed by atoms with Gasteiger partial charge in [0.1, 0.15) is 5.78 Å². The van der Waals surface area contributed by atoms with E-state index >= 15 is 0 Å². The Morgan fingerprint density at radius 3 is 2.82 bits per heavy atom. The molecule has 4 nitrogen and oxygen atoms in total. The number of carbonyl (C=O) groups excluding carboxylic acids is 1. The molecule has 0 N–H and O–H groups in total. The SMILES string of the molecule is Cc1cn2nc(SCC(=O)C(C)(C)C)sc2n1. The summed E-state index contributed by atoms with van der Waals surface area (Å²) in [6.07, 6.45) is 1.89. The third-order valence-corrected chi connectivity index (χ3v) is 4.36. The highest BCUT2D eigenvalue weighted by molar-refractivity contribution is 8.01. The zero-order valence-electron chi connectivity index (χ0n) is 10.4. The van der Waals surface area contributed by atoms with Crippen LogP contribution in [0.3, 0.4) is 0 Å². The fraction of sp³-hybridized carbons (Fsp3) is 0.545. The van der Waals surface area contributed by atoms with Crippen LogP contribution in [0.2, 0.25) is 0 Å². The second kappa shape index (κ2) is 4.42. The molecule has 0 bridgehead atoms. The molecule has 0 aliphatic rings. The molecule has 0 unspecified atom stereocenters. The van der Waals surface area contributed by atoms with Gasteiger partial charge < -0.3 is 0 Å². The number of Topliss-reactive ketones (excluding diaryl/α,β-unsaturated/α-hetero) is 1. The highest BCUT2D eigenvalue weighted by Crippen LogP contribution is 2.27. The normalized spacial score (nSPS) is 12.2. The van der Waals surface area contributed by atoms with Gasteiger partial charge >= 0.3 is 0 Å². The van der Waals surface area contributed by atoms with Crippen molar-refractivity contribution < 1.29 is 4.79 Å². The van der Waals surface area contributed by atoms with E-state index in [1.807, 2.05) is 33.9 Å². The maximum Gasteiger partial charge on any atom is 0.213 e. The topological polar surface area (TPSA) is 47.3 Å². The number of hydrogen-bond donors (Lipinski definition) is 0. The van der Waals surface area contributed by atoms with Crippen molar-refractivity contribution in [2.45, 2.75) is 32.0 Å². The molecule has 0 amide bonds. The van der Waals surface area contributed by atoms with Gasteiger partial charge in [0, 0.05) is 5.41 Å². The summed E-state index contributed by atoms with van der Waals surface area (Å²) >= 11 is 3.01. The average Bonchev–Trinajstić information content (AvgIpc) is 2.68. The molecule has 0 spiro atoms. The third-order valence-electron chi connectivity index (χ3n) is 2.31. The van der Waals surface area contributed by atoms with Gasteiger partial charge in [0.05, 0.1) is 17.6 Å². The molecule has 0 aromatic carbocycles. The number of imidazole rings is 1. The Hall–Kier alpha value is -0.880. The van der Waals surface area contributed by atoms with Gasteiger partial charge in [-0.3, -0.25) is 4.79 Å². The zero-order chi connectivity index (χ0) is 12.6. The molecule has 6 heteroatoms. The molecule has 2 heterocycles. The van der Waals surface area contributed by atoms with Crippen LogP contribution in [0, 0.1) is 12.3 Å². The number of thioether (sulfide) groups is 1. The van der Waals surface area contributed by atoms with Crippen molar-refractivity contribution in [3.63, 3.8) is 0 Å². The van der Waals surface area contributed by atoms with Crippen LogP contribution in [0.25, 0.3) is 4.96 Å². The summed E-state index contributed by atoms with van der Waals surface area (Å²) in [5.74, 6) is 0.714. The van der Waals surface area contributed by atoms with Crippen molar-refractivity contribution in [2.75, 3.05) is 5.75 Å². The minimum atomic E-state index is -0.277. The summed E-state index contributed by atoms with van der Waals surface area (Å²) in [6, 6.07) is 0. The van der Waals surface area contributed by atoms with Gasteiger partial charge in [0.2, 0.25) is 4.96 Å². The van der Waals surface area contributed by atoms with E-state index in [4.69, 9.17) is 0 Å². The predicted octanol–water partition coefficient (Wildman–Crippen LogP) is 2.81. The van der Waals surface area contributed by atoms with E-state index in [-0.39, 0.29) is 11.2 Å². The van der Waals surface area contributed by atoms with E-state index in [0.29, 0.717) is 5.75 Å². The number of hydrogen-bond acceptors (Lipinski definition) is 5. The summed E-state index contributed by atoms with van der Waals surface area (Å²) in [7, 11) is 0. The quantitative estimate of drug-likeness (QED) is 0.804. The number of rotatable bonds is 3. The van der Waals surface area contributed by atoms with Gasteiger partial charge in [-0.2, -0.15) is 0 Å². The third kappa shape index (κ3) is 2.87. The minimum Gasteiger partial charge on any atom is -0.298 e. The second-order valence-electron chi connectivity index (χ2n) is 4.94. The molecule has 0 fully saturated rings. The lowest BCUT2D eigenvalue weighted by molar-refractivity contribution is -0.123. The lowest BCUT2D eigenvalue weighted by Crippen LogP contribution is -2.21. The van der Waals surface area contributed by atoms with Crippen LogP contribution in [0.1, 0.15) is 26.5 Å². The van der Waals surface area contributed by atoms with Crippen molar-refractivity contribution in [2.24, 2.45) is 5.41 Å². The monoisotopic (exact) mass is 269 g/mol. The van der Waals surface area contributed by atoms with Gasteiger partial charge in [-0.05, 0) is 6.92 Å². The molecule has 0 radical (unpaired) electrons. The van der Waals surface area contributed by atoms with Crippen LogP contribution in [0.5, 0.6) is 0 Å². The largest absolute Gasteiger partial charge is 0.298 e. The Morgan fingerprint density at radius 2 is 2.24 bits per heavy atom. The summed E-state index contributed by atoms with van der Waals surface area (Å²) < 4.78 is 2.66. The first kappa shape index (κ1) is 12.6. The molecule has 0 aliphatic heterocycles.